The molecule has 0 unspecified atom stereocenters. The van der Waals surface area contributed by atoms with E-state index in [1.165, 1.54) is 0 Å². The lowest BCUT2D eigenvalue weighted by atomic mass is 10.3. The molecule has 0 aliphatic rings. The molecule has 0 atom stereocenters. The highest BCUT2D eigenvalue weighted by Crippen LogP contribution is 2.24. The molecule has 0 N–H and O–H groups in total. The molecule has 0 aliphatic heterocycles. The molecule has 0 saturated carbocycles. The summed E-state index contributed by atoms with van der Waals surface area (Å²) in [6, 6.07) is 7.87. The summed E-state index contributed by atoms with van der Waals surface area (Å²) in [6.45, 7) is 8.53. The number of anilines is 1. The lowest BCUT2D eigenvalue weighted by molar-refractivity contribution is 0.141. The van der Waals surface area contributed by atoms with Crippen molar-refractivity contribution in [3.63, 3.8) is 0 Å². The maximum absolute atomic E-state index is 6.22. The van der Waals surface area contributed by atoms with Crippen molar-refractivity contribution in [3.05, 3.63) is 29.3 Å². The number of hydrogen-bond donors (Lipinski definition) is 0. The molecule has 1 aromatic rings. The minimum absolute atomic E-state index is 0.702. The molecule has 1 aromatic carbocycles. The summed E-state index contributed by atoms with van der Waals surface area (Å²) in [5.74, 6) is 0. The van der Waals surface area contributed by atoms with E-state index in [1.54, 1.807) is 0 Å². The van der Waals surface area contributed by atoms with Crippen LogP contribution in [0.1, 0.15) is 13.8 Å². The van der Waals surface area contributed by atoms with Gasteiger partial charge in [-0.15, -0.1) is 0 Å². The van der Waals surface area contributed by atoms with Gasteiger partial charge in [-0.05, 0) is 26.0 Å². The fourth-order valence-corrected chi connectivity index (χ4v) is 1.95. The van der Waals surface area contributed by atoms with Gasteiger partial charge in [-0.1, -0.05) is 23.7 Å². The largest absolute Gasteiger partial charge is 0.380 e. The Kier molecular flexibility index (Phi) is 7.81. The molecule has 102 valence electrons. The fraction of sp³-hybridized carbons (Fsp3) is 0.571. The van der Waals surface area contributed by atoms with Gasteiger partial charge in [-0.25, -0.2) is 0 Å². The van der Waals surface area contributed by atoms with E-state index < -0.39 is 0 Å². The summed E-state index contributed by atoms with van der Waals surface area (Å²) in [4.78, 5) is 2.20. The lowest BCUT2D eigenvalue weighted by Crippen LogP contribution is -2.31. The van der Waals surface area contributed by atoms with Crippen molar-refractivity contribution in [1.29, 1.82) is 0 Å². The molecule has 0 fully saturated rings. The van der Waals surface area contributed by atoms with Crippen LogP contribution in [0.15, 0.2) is 24.3 Å². The van der Waals surface area contributed by atoms with Crippen molar-refractivity contribution in [3.8, 4) is 0 Å². The molecule has 4 heteroatoms. The second kappa shape index (κ2) is 9.20. The minimum Gasteiger partial charge on any atom is -0.380 e. The quantitative estimate of drug-likeness (QED) is 0.644. The van der Waals surface area contributed by atoms with Gasteiger partial charge in [0.1, 0.15) is 0 Å². The van der Waals surface area contributed by atoms with E-state index >= 15 is 0 Å². The zero-order valence-corrected chi connectivity index (χ0v) is 11.9. The Balaban J connectivity index is 2.60. The highest BCUT2D eigenvalue weighted by molar-refractivity contribution is 6.33. The van der Waals surface area contributed by atoms with E-state index in [2.05, 4.69) is 4.90 Å². The Morgan fingerprint density at radius 2 is 1.56 bits per heavy atom. The Morgan fingerprint density at radius 1 is 1.00 bits per heavy atom. The van der Waals surface area contributed by atoms with Crippen LogP contribution < -0.4 is 4.90 Å². The van der Waals surface area contributed by atoms with Gasteiger partial charge in [0, 0.05) is 26.3 Å². The fourth-order valence-electron chi connectivity index (χ4n) is 1.70. The molecule has 0 aromatic heterocycles. The molecule has 0 aliphatic carbocycles. The van der Waals surface area contributed by atoms with Gasteiger partial charge in [0.25, 0.3) is 0 Å². The number of nitrogens with zero attached hydrogens (tertiary/aromatic N) is 1. The molecule has 1 rings (SSSR count). The van der Waals surface area contributed by atoms with Crippen LogP contribution in [0.25, 0.3) is 0 Å². The maximum atomic E-state index is 6.22. The molecule has 0 amide bonds. The summed E-state index contributed by atoms with van der Waals surface area (Å²) in [7, 11) is 0. The molecular formula is C14H22ClNO2. The highest BCUT2D eigenvalue weighted by atomic mass is 35.5. The number of rotatable bonds is 9. The van der Waals surface area contributed by atoms with Crippen LogP contribution in [0, 0.1) is 0 Å². The van der Waals surface area contributed by atoms with Crippen molar-refractivity contribution < 1.29 is 9.47 Å². The number of ether oxygens (including phenoxy) is 2. The van der Waals surface area contributed by atoms with E-state index in [4.69, 9.17) is 21.1 Å². The van der Waals surface area contributed by atoms with Gasteiger partial charge in [0.05, 0.1) is 23.9 Å². The van der Waals surface area contributed by atoms with E-state index in [9.17, 15) is 0 Å². The smallest absolute Gasteiger partial charge is 0.0641 e. The van der Waals surface area contributed by atoms with E-state index in [1.807, 2.05) is 38.1 Å². The zero-order chi connectivity index (χ0) is 13.2. The van der Waals surface area contributed by atoms with Crippen LogP contribution in [0.2, 0.25) is 5.02 Å². The number of hydrogen-bond acceptors (Lipinski definition) is 3. The molecular weight excluding hydrogens is 250 g/mol. The van der Waals surface area contributed by atoms with E-state index in [0.29, 0.717) is 13.2 Å². The van der Waals surface area contributed by atoms with E-state index in [-0.39, 0.29) is 0 Å². The first kappa shape index (κ1) is 15.3. The summed E-state index contributed by atoms with van der Waals surface area (Å²) in [6.07, 6.45) is 0. The third-order valence-corrected chi connectivity index (χ3v) is 2.93. The van der Waals surface area contributed by atoms with Gasteiger partial charge < -0.3 is 14.4 Å². The second-order valence-electron chi connectivity index (χ2n) is 3.83. The summed E-state index contributed by atoms with van der Waals surface area (Å²) >= 11 is 6.22. The standard InChI is InChI=1S/C14H22ClNO2/c1-3-17-11-9-16(10-12-18-4-2)14-8-6-5-7-13(14)15/h5-8H,3-4,9-12H2,1-2H3. The van der Waals surface area contributed by atoms with Crippen LogP contribution in [-0.4, -0.2) is 39.5 Å². The highest BCUT2D eigenvalue weighted by Gasteiger charge is 2.09. The predicted molar refractivity (Wildman–Crippen MR) is 76.7 cm³/mol. The average Bonchev–Trinajstić information content (AvgIpc) is 2.38. The zero-order valence-electron chi connectivity index (χ0n) is 11.2. The number of benzene rings is 1. The SMILES string of the molecule is CCOCCN(CCOCC)c1ccccc1Cl. The monoisotopic (exact) mass is 271 g/mol. The van der Waals surface area contributed by atoms with E-state index in [0.717, 1.165) is 37.0 Å². The lowest BCUT2D eigenvalue weighted by Gasteiger charge is -2.25. The third-order valence-electron chi connectivity index (χ3n) is 2.61. The van der Waals surface area contributed by atoms with Gasteiger partial charge in [0.2, 0.25) is 0 Å². The molecule has 0 bridgehead atoms. The van der Waals surface area contributed by atoms with Crippen LogP contribution in [0.4, 0.5) is 5.69 Å². The topological polar surface area (TPSA) is 21.7 Å². The van der Waals surface area contributed by atoms with Crippen LogP contribution in [-0.2, 0) is 9.47 Å². The van der Waals surface area contributed by atoms with Crippen molar-refractivity contribution in [2.24, 2.45) is 0 Å². The van der Waals surface area contributed by atoms with Crippen molar-refractivity contribution in [1.82, 2.24) is 0 Å². The molecule has 0 radical (unpaired) electrons. The normalized spacial score (nSPS) is 10.6. The minimum atomic E-state index is 0.702. The van der Waals surface area contributed by atoms with Gasteiger partial charge in [0.15, 0.2) is 0 Å². The summed E-state index contributed by atoms with van der Waals surface area (Å²) in [5.41, 5.74) is 1.04. The first-order chi connectivity index (χ1) is 8.79. The predicted octanol–water partition coefficient (Wildman–Crippen LogP) is 3.22. The maximum Gasteiger partial charge on any atom is 0.0641 e. The van der Waals surface area contributed by atoms with Crippen molar-refractivity contribution >= 4 is 17.3 Å². The summed E-state index contributed by atoms with van der Waals surface area (Å²) in [5, 5.41) is 0.769. The Morgan fingerprint density at radius 3 is 2.06 bits per heavy atom. The third kappa shape index (κ3) is 5.25. The van der Waals surface area contributed by atoms with Gasteiger partial charge in [-0.2, -0.15) is 0 Å². The van der Waals surface area contributed by atoms with Crippen molar-refractivity contribution in [2.45, 2.75) is 13.8 Å². The Bertz CT molecular complexity index is 323. The molecule has 0 heterocycles. The van der Waals surface area contributed by atoms with Gasteiger partial charge in [-0.3, -0.25) is 0 Å². The van der Waals surface area contributed by atoms with Crippen LogP contribution in [0.3, 0.4) is 0 Å². The number of halogens is 1. The van der Waals surface area contributed by atoms with Crippen LogP contribution >= 0.6 is 11.6 Å². The molecule has 3 nitrogen and oxygen atoms in total. The molecule has 18 heavy (non-hydrogen) atoms. The van der Waals surface area contributed by atoms with Crippen molar-refractivity contribution in [2.75, 3.05) is 44.4 Å². The molecule has 0 spiro atoms. The average molecular weight is 272 g/mol. The Labute approximate surface area is 115 Å². The van der Waals surface area contributed by atoms with Gasteiger partial charge >= 0.3 is 0 Å². The second-order valence-corrected chi connectivity index (χ2v) is 4.24. The first-order valence-electron chi connectivity index (χ1n) is 6.44. The number of para-hydroxylation sites is 1. The first-order valence-corrected chi connectivity index (χ1v) is 6.82. The summed E-state index contributed by atoms with van der Waals surface area (Å²) < 4.78 is 10.8. The Hall–Kier alpha value is -0.770. The molecule has 0 saturated heterocycles. The van der Waals surface area contributed by atoms with Crippen LogP contribution in [0.5, 0.6) is 0 Å².